The fourth-order valence-electron chi connectivity index (χ4n) is 3.50. The number of fused-ring (bicyclic) bond motifs is 1. The molecule has 0 unspecified atom stereocenters. The lowest BCUT2D eigenvalue weighted by atomic mass is 10.2. The number of imidazole rings is 1. The molecule has 1 aliphatic rings. The predicted molar refractivity (Wildman–Crippen MR) is 91.4 cm³/mol. The molecule has 5 heteroatoms. The third kappa shape index (κ3) is 2.67. The third-order valence-electron chi connectivity index (χ3n) is 4.68. The molecule has 1 aromatic carbocycles. The Balaban J connectivity index is 1.67. The molecule has 2 aromatic heterocycles. The van der Waals surface area contributed by atoms with Gasteiger partial charge in [-0.25, -0.2) is 15.0 Å². The Bertz CT molecular complexity index is 790. The largest absolute Gasteiger partial charge is 0.353 e. The zero-order valence-corrected chi connectivity index (χ0v) is 13.4. The summed E-state index contributed by atoms with van der Waals surface area (Å²) in [7, 11) is 2.06. The second kappa shape index (κ2) is 5.99. The smallest absolute Gasteiger partial charge is 0.165 e. The summed E-state index contributed by atoms with van der Waals surface area (Å²) < 4.78 is 2.24. The molecule has 0 N–H and O–H groups in total. The number of hydrogen-bond acceptors (Lipinski definition) is 4. The highest BCUT2D eigenvalue weighted by atomic mass is 15.2. The number of rotatable bonds is 4. The summed E-state index contributed by atoms with van der Waals surface area (Å²) in [5, 5.41) is 0. The van der Waals surface area contributed by atoms with Crippen LogP contribution in [0, 0.1) is 0 Å². The molecule has 0 aliphatic heterocycles. The van der Waals surface area contributed by atoms with Crippen molar-refractivity contribution in [3.05, 3.63) is 48.5 Å². The van der Waals surface area contributed by atoms with Crippen LogP contribution >= 0.6 is 0 Å². The fraction of sp³-hybridized carbons (Fsp3) is 0.389. The zero-order valence-electron chi connectivity index (χ0n) is 13.4. The monoisotopic (exact) mass is 307 g/mol. The number of hydrogen-bond donors (Lipinski definition) is 0. The maximum absolute atomic E-state index is 4.62. The van der Waals surface area contributed by atoms with Crippen LogP contribution in [0.2, 0.25) is 0 Å². The van der Waals surface area contributed by atoms with Gasteiger partial charge in [0.1, 0.15) is 6.33 Å². The summed E-state index contributed by atoms with van der Waals surface area (Å²) in [6.45, 7) is 0.809. The van der Waals surface area contributed by atoms with Crippen LogP contribution in [-0.4, -0.2) is 26.6 Å². The molecule has 3 aromatic rings. The Morgan fingerprint density at radius 3 is 2.65 bits per heavy atom. The van der Waals surface area contributed by atoms with Crippen molar-refractivity contribution in [2.75, 3.05) is 11.9 Å². The molecule has 1 saturated carbocycles. The molecule has 0 saturated heterocycles. The van der Waals surface area contributed by atoms with E-state index in [-0.39, 0.29) is 0 Å². The minimum atomic E-state index is 0.544. The normalized spacial score (nSPS) is 15.3. The molecule has 0 amide bonds. The average Bonchev–Trinajstić information content (AvgIpc) is 3.24. The third-order valence-corrected chi connectivity index (χ3v) is 4.68. The van der Waals surface area contributed by atoms with Crippen LogP contribution in [0.1, 0.15) is 37.3 Å². The molecule has 2 heterocycles. The highest BCUT2D eigenvalue weighted by Crippen LogP contribution is 2.32. The second-order valence-corrected chi connectivity index (χ2v) is 6.30. The van der Waals surface area contributed by atoms with Crippen LogP contribution in [-0.2, 0) is 6.54 Å². The fourth-order valence-corrected chi connectivity index (χ4v) is 3.50. The van der Waals surface area contributed by atoms with Crippen LogP contribution in [0.15, 0.2) is 43.0 Å². The average molecular weight is 307 g/mol. The van der Waals surface area contributed by atoms with Crippen molar-refractivity contribution in [2.24, 2.45) is 0 Å². The van der Waals surface area contributed by atoms with Gasteiger partial charge in [-0.3, -0.25) is 0 Å². The van der Waals surface area contributed by atoms with Crippen LogP contribution < -0.4 is 4.90 Å². The zero-order chi connectivity index (χ0) is 15.6. The summed E-state index contributed by atoms with van der Waals surface area (Å²) in [5.41, 5.74) is 3.12. The quantitative estimate of drug-likeness (QED) is 0.739. The van der Waals surface area contributed by atoms with Crippen LogP contribution in [0.5, 0.6) is 0 Å². The molecule has 1 aliphatic carbocycles. The molecule has 5 nitrogen and oxygen atoms in total. The molecule has 0 bridgehead atoms. The number of benzene rings is 1. The van der Waals surface area contributed by atoms with Gasteiger partial charge in [0.15, 0.2) is 17.0 Å². The molecular weight excluding hydrogens is 286 g/mol. The van der Waals surface area contributed by atoms with Gasteiger partial charge in [-0.1, -0.05) is 43.2 Å². The van der Waals surface area contributed by atoms with Crippen molar-refractivity contribution in [1.82, 2.24) is 19.5 Å². The molecule has 118 valence electrons. The van der Waals surface area contributed by atoms with Gasteiger partial charge in [0.2, 0.25) is 0 Å². The van der Waals surface area contributed by atoms with Crippen molar-refractivity contribution in [3.63, 3.8) is 0 Å². The molecule has 0 radical (unpaired) electrons. The van der Waals surface area contributed by atoms with Crippen molar-refractivity contribution < 1.29 is 0 Å². The minimum absolute atomic E-state index is 0.544. The Labute approximate surface area is 136 Å². The maximum Gasteiger partial charge on any atom is 0.165 e. The van der Waals surface area contributed by atoms with Crippen LogP contribution in [0.3, 0.4) is 0 Å². The van der Waals surface area contributed by atoms with E-state index in [1.165, 1.54) is 31.2 Å². The first-order valence-electron chi connectivity index (χ1n) is 8.25. The number of aromatic nitrogens is 4. The van der Waals surface area contributed by atoms with Gasteiger partial charge in [0.05, 0.1) is 6.33 Å². The van der Waals surface area contributed by atoms with Crippen LogP contribution in [0.25, 0.3) is 11.2 Å². The molecule has 23 heavy (non-hydrogen) atoms. The molecular formula is C18H21N5. The van der Waals surface area contributed by atoms with Gasteiger partial charge in [-0.2, -0.15) is 0 Å². The molecule has 0 spiro atoms. The first-order valence-corrected chi connectivity index (χ1v) is 8.25. The van der Waals surface area contributed by atoms with E-state index in [4.69, 9.17) is 0 Å². The Morgan fingerprint density at radius 2 is 1.87 bits per heavy atom. The van der Waals surface area contributed by atoms with Crippen LogP contribution in [0.4, 0.5) is 5.82 Å². The lowest BCUT2D eigenvalue weighted by Crippen LogP contribution is -2.18. The van der Waals surface area contributed by atoms with E-state index in [9.17, 15) is 0 Å². The summed E-state index contributed by atoms with van der Waals surface area (Å²) in [4.78, 5) is 15.7. The Kier molecular flexibility index (Phi) is 3.69. The molecule has 1 fully saturated rings. The Hall–Kier alpha value is -2.43. The number of anilines is 1. The standard InChI is InChI=1S/C18H21N5/c1-22(11-14-7-3-2-4-8-14)17-16-18(20-12-19-17)23(13-21-16)15-9-5-6-10-15/h2-4,7-8,12-13,15H,5-6,9-11H2,1H3. The SMILES string of the molecule is CN(Cc1ccccc1)c1ncnc2c1ncn2C1CCCC1. The first kappa shape index (κ1) is 14.2. The van der Waals surface area contributed by atoms with E-state index in [1.807, 2.05) is 12.4 Å². The van der Waals surface area contributed by atoms with Crippen molar-refractivity contribution in [3.8, 4) is 0 Å². The van der Waals surface area contributed by atoms with E-state index in [1.54, 1.807) is 6.33 Å². The molecule has 4 rings (SSSR count). The van der Waals surface area contributed by atoms with Crippen molar-refractivity contribution in [2.45, 2.75) is 38.3 Å². The summed E-state index contributed by atoms with van der Waals surface area (Å²) in [5.74, 6) is 0.899. The summed E-state index contributed by atoms with van der Waals surface area (Å²) in [6.07, 6.45) is 8.66. The van der Waals surface area contributed by atoms with E-state index in [0.29, 0.717) is 6.04 Å². The van der Waals surface area contributed by atoms with Gasteiger partial charge in [-0.05, 0) is 18.4 Å². The second-order valence-electron chi connectivity index (χ2n) is 6.30. The van der Waals surface area contributed by atoms with Gasteiger partial charge in [0.25, 0.3) is 0 Å². The predicted octanol–water partition coefficient (Wildman–Crippen LogP) is 3.58. The van der Waals surface area contributed by atoms with E-state index in [2.05, 4.69) is 55.7 Å². The molecule has 0 atom stereocenters. The van der Waals surface area contributed by atoms with Crippen molar-refractivity contribution in [1.29, 1.82) is 0 Å². The van der Waals surface area contributed by atoms with E-state index < -0.39 is 0 Å². The Morgan fingerprint density at radius 1 is 1.09 bits per heavy atom. The minimum Gasteiger partial charge on any atom is -0.353 e. The van der Waals surface area contributed by atoms with E-state index in [0.717, 1.165) is 23.5 Å². The lowest BCUT2D eigenvalue weighted by molar-refractivity contribution is 0.529. The first-order chi connectivity index (χ1) is 11.3. The number of nitrogens with zero attached hydrogens (tertiary/aromatic N) is 5. The van der Waals surface area contributed by atoms with Gasteiger partial charge in [0, 0.05) is 19.6 Å². The van der Waals surface area contributed by atoms with Crippen molar-refractivity contribution >= 4 is 17.0 Å². The summed E-state index contributed by atoms with van der Waals surface area (Å²) >= 11 is 0. The highest BCUT2D eigenvalue weighted by Gasteiger charge is 2.21. The van der Waals surface area contributed by atoms with E-state index >= 15 is 0 Å². The van der Waals surface area contributed by atoms with Gasteiger partial charge < -0.3 is 9.47 Å². The maximum atomic E-state index is 4.62. The summed E-state index contributed by atoms with van der Waals surface area (Å²) in [6, 6.07) is 11.0. The lowest BCUT2D eigenvalue weighted by Gasteiger charge is -2.18. The van der Waals surface area contributed by atoms with Gasteiger partial charge in [-0.15, -0.1) is 0 Å². The van der Waals surface area contributed by atoms with Gasteiger partial charge >= 0.3 is 0 Å². The highest BCUT2D eigenvalue weighted by molar-refractivity contribution is 5.83. The topological polar surface area (TPSA) is 46.8 Å².